The molecule has 29 heavy (non-hydrogen) atoms. The number of thiophene rings is 1. The van der Waals surface area contributed by atoms with Crippen LogP contribution in [0.15, 0.2) is 10.9 Å². The molecule has 3 rings (SSSR count). The molecule has 154 valence electrons. The molecular formula is C20H23N3O5S. The summed E-state index contributed by atoms with van der Waals surface area (Å²) in [5, 5.41) is 0.577. The predicted molar refractivity (Wildman–Crippen MR) is 109 cm³/mol. The van der Waals surface area contributed by atoms with Crippen molar-refractivity contribution in [3.05, 3.63) is 49.6 Å². The highest BCUT2D eigenvalue weighted by Crippen LogP contribution is 2.25. The number of rotatable bonds is 6. The molecule has 3 heterocycles. The van der Waals surface area contributed by atoms with E-state index in [4.69, 9.17) is 9.47 Å². The molecule has 0 aliphatic rings. The topological polar surface area (TPSA) is 103 Å². The summed E-state index contributed by atoms with van der Waals surface area (Å²) >= 11 is 1.44. The van der Waals surface area contributed by atoms with Crippen molar-refractivity contribution >= 4 is 33.5 Å². The van der Waals surface area contributed by atoms with Crippen molar-refractivity contribution in [3.63, 3.8) is 0 Å². The molecule has 0 spiro atoms. The van der Waals surface area contributed by atoms with Gasteiger partial charge in [0, 0.05) is 16.3 Å². The zero-order chi connectivity index (χ0) is 21.3. The first-order valence-electron chi connectivity index (χ1n) is 9.21. The molecule has 0 fully saturated rings. The molecule has 0 saturated carbocycles. The van der Waals surface area contributed by atoms with Crippen LogP contribution in [-0.2, 0) is 27.4 Å². The third kappa shape index (κ3) is 4.09. The van der Waals surface area contributed by atoms with Crippen LogP contribution in [0.25, 0.3) is 10.2 Å². The normalized spacial score (nSPS) is 11.1. The van der Waals surface area contributed by atoms with Crippen molar-refractivity contribution in [1.29, 1.82) is 0 Å². The molecular weight excluding hydrogens is 394 g/mol. The van der Waals surface area contributed by atoms with E-state index in [1.807, 2.05) is 13.8 Å². The number of nitrogens with one attached hydrogen (secondary N) is 1. The molecule has 0 atom stereocenters. The number of carbonyl (C=O) groups excluding carboxylic acids is 2. The standard InChI is InChI=1S/C20H23N3O5S/c1-6-27-20(26)14-7-10(2)23(12(14)4)8-16(24)28-9-15-21-18(25)17-11(3)13(5)29-19(17)22-15/h7H,6,8-9H2,1-5H3,(H,21,22,25). The van der Waals surface area contributed by atoms with Crippen molar-refractivity contribution in [2.24, 2.45) is 0 Å². The summed E-state index contributed by atoms with van der Waals surface area (Å²) in [4.78, 5) is 45.4. The lowest BCUT2D eigenvalue weighted by Gasteiger charge is -2.10. The Bertz CT molecular complexity index is 1160. The van der Waals surface area contributed by atoms with E-state index in [-0.39, 0.29) is 25.3 Å². The van der Waals surface area contributed by atoms with Crippen LogP contribution in [0, 0.1) is 27.7 Å². The molecule has 0 unspecified atom stereocenters. The molecule has 0 radical (unpaired) electrons. The van der Waals surface area contributed by atoms with Crippen molar-refractivity contribution < 1.29 is 19.1 Å². The van der Waals surface area contributed by atoms with Crippen molar-refractivity contribution in [1.82, 2.24) is 14.5 Å². The van der Waals surface area contributed by atoms with Gasteiger partial charge < -0.3 is 19.0 Å². The summed E-state index contributed by atoms with van der Waals surface area (Å²) in [6, 6.07) is 1.69. The van der Waals surface area contributed by atoms with Gasteiger partial charge in [-0.25, -0.2) is 9.78 Å². The fourth-order valence-corrected chi connectivity index (χ4v) is 4.20. The molecule has 0 aliphatic heterocycles. The van der Waals surface area contributed by atoms with E-state index < -0.39 is 11.9 Å². The van der Waals surface area contributed by atoms with Crippen LogP contribution >= 0.6 is 11.3 Å². The summed E-state index contributed by atoms with van der Waals surface area (Å²) in [5.41, 5.74) is 2.49. The smallest absolute Gasteiger partial charge is 0.339 e. The summed E-state index contributed by atoms with van der Waals surface area (Å²) in [6.07, 6.45) is 0. The highest BCUT2D eigenvalue weighted by Gasteiger charge is 2.19. The van der Waals surface area contributed by atoms with E-state index in [9.17, 15) is 14.4 Å². The number of esters is 2. The van der Waals surface area contributed by atoms with E-state index in [0.717, 1.165) is 16.1 Å². The minimum atomic E-state index is -0.497. The number of carbonyl (C=O) groups is 2. The van der Waals surface area contributed by atoms with Crippen LogP contribution in [0.2, 0.25) is 0 Å². The van der Waals surface area contributed by atoms with Gasteiger partial charge in [-0.1, -0.05) is 0 Å². The van der Waals surface area contributed by atoms with E-state index in [2.05, 4.69) is 9.97 Å². The second-order valence-electron chi connectivity index (χ2n) is 6.73. The molecule has 3 aromatic heterocycles. The van der Waals surface area contributed by atoms with Gasteiger partial charge in [0.2, 0.25) is 0 Å². The summed E-state index contributed by atoms with van der Waals surface area (Å²) in [6.45, 7) is 9.21. The Morgan fingerprint density at radius 3 is 2.62 bits per heavy atom. The number of hydrogen-bond acceptors (Lipinski definition) is 7. The van der Waals surface area contributed by atoms with Gasteiger partial charge in [0.25, 0.3) is 5.56 Å². The molecule has 0 aromatic carbocycles. The summed E-state index contributed by atoms with van der Waals surface area (Å²) < 4.78 is 12.0. The molecule has 3 aromatic rings. The Kier molecular flexibility index (Phi) is 5.88. The maximum Gasteiger partial charge on any atom is 0.339 e. The Balaban J connectivity index is 1.72. The molecule has 1 N–H and O–H groups in total. The zero-order valence-electron chi connectivity index (χ0n) is 17.0. The third-order valence-corrected chi connectivity index (χ3v) is 5.92. The van der Waals surface area contributed by atoms with E-state index in [1.165, 1.54) is 11.3 Å². The first kappa shape index (κ1) is 20.8. The van der Waals surface area contributed by atoms with Crippen molar-refractivity contribution in [3.8, 4) is 0 Å². The highest BCUT2D eigenvalue weighted by atomic mass is 32.1. The molecule has 0 bridgehead atoms. The summed E-state index contributed by atoms with van der Waals surface area (Å²) in [7, 11) is 0. The van der Waals surface area contributed by atoms with Crippen LogP contribution in [0.1, 0.15) is 44.9 Å². The lowest BCUT2D eigenvalue weighted by Crippen LogP contribution is -2.18. The van der Waals surface area contributed by atoms with Gasteiger partial charge in [-0.05, 0) is 46.2 Å². The van der Waals surface area contributed by atoms with Crippen molar-refractivity contribution in [2.75, 3.05) is 6.61 Å². The zero-order valence-corrected chi connectivity index (χ0v) is 17.9. The van der Waals surface area contributed by atoms with Gasteiger partial charge in [-0.3, -0.25) is 9.59 Å². The van der Waals surface area contributed by atoms with Gasteiger partial charge >= 0.3 is 11.9 Å². The lowest BCUT2D eigenvalue weighted by atomic mass is 10.2. The maximum absolute atomic E-state index is 12.3. The Labute approximate surface area is 171 Å². The van der Waals surface area contributed by atoms with E-state index >= 15 is 0 Å². The van der Waals surface area contributed by atoms with Crippen LogP contribution in [-0.4, -0.2) is 33.1 Å². The monoisotopic (exact) mass is 417 g/mol. The first-order valence-corrected chi connectivity index (χ1v) is 10.0. The lowest BCUT2D eigenvalue weighted by molar-refractivity contribution is -0.146. The largest absolute Gasteiger partial charge is 0.462 e. The number of aromatic amines is 1. The Morgan fingerprint density at radius 1 is 1.21 bits per heavy atom. The number of fused-ring (bicyclic) bond motifs is 1. The predicted octanol–water partition coefficient (Wildman–Crippen LogP) is 2.94. The average Bonchev–Trinajstić information content (AvgIpc) is 3.10. The van der Waals surface area contributed by atoms with Gasteiger partial charge in [0.15, 0.2) is 0 Å². The number of aromatic nitrogens is 3. The van der Waals surface area contributed by atoms with Crippen LogP contribution in [0.3, 0.4) is 0 Å². The number of ether oxygens (including phenoxy) is 2. The Morgan fingerprint density at radius 2 is 1.93 bits per heavy atom. The Hall–Kier alpha value is -2.94. The van der Waals surface area contributed by atoms with Gasteiger partial charge in [-0.2, -0.15) is 0 Å². The number of aryl methyl sites for hydroxylation is 3. The fourth-order valence-electron chi connectivity index (χ4n) is 3.15. The van der Waals surface area contributed by atoms with E-state index in [0.29, 0.717) is 27.3 Å². The molecule has 8 nitrogen and oxygen atoms in total. The number of H-pyrrole nitrogens is 1. The van der Waals surface area contributed by atoms with Crippen LogP contribution in [0.5, 0.6) is 0 Å². The molecule has 0 aliphatic carbocycles. The SMILES string of the molecule is CCOC(=O)c1cc(C)n(CC(=O)OCc2nc3sc(C)c(C)c3c(=O)[nH]2)c1C. The second kappa shape index (κ2) is 8.20. The average molecular weight is 417 g/mol. The number of hydrogen-bond donors (Lipinski definition) is 1. The molecule has 0 saturated heterocycles. The van der Waals surface area contributed by atoms with Gasteiger partial charge in [0.1, 0.15) is 23.8 Å². The third-order valence-electron chi connectivity index (χ3n) is 4.81. The quantitative estimate of drug-likeness (QED) is 0.619. The van der Waals surface area contributed by atoms with Gasteiger partial charge in [0.05, 0.1) is 17.6 Å². The highest BCUT2D eigenvalue weighted by molar-refractivity contribution is 7.18. The number of nitrogens with zero attached hydrogens (tertiary/aromatic N) is 2. The van der Waals surface area contributed by atoms with E-state index in [1.54, 1.807) is 31.4 Å². The van der Waals surface area contributed by atoms with Crippen LogP contribution in [0.4, 0.5) is 0 Å². The maximum atomic E-state index is 12.3. The molecule has 9 heteroatoms. The minimum absolute atomic E-state index is 0.0548. The summed E-state index contributed by atoms with van der Waals surface area (Å²) in [5.74, 6) is -0.620. The van der Waals surface area contributed by atoms with Gasteiger partial charge in [-0.15, -0.1) is 11.3 Å². The molecule has 0 amide bonds. The first-order chi connectivity index (χ1) is 13.7. The minimum Gasteiger partial charge on any atom is -0.462 e. The van der Waals surface area contributed by atoms with Crippen LogP contribution < -0.4 is 5.56 Å². The second-order valence-corrected chi connectivity index (χ2v) is 7.93. The fraction of sp³-hybridized carbons (Fsp3) is 0.400. The van der Waals surface area contributed by atoms with Crippen molar-refractivity contribution in [2.45, 2.75) is 47.8 Å².